The number of rotatable bonds is 8. The second-order valence-electron chi connectivity index (χ2n) is 4.73. The maximum atomic E-state index is 11.9. The maximum absolute atomic E-state index is 11.9. The predicted octanol–water partition coefficient (Wildman–Crippen LogP) is 0.422. The van der Waals surface area contributed by atoms with Gasteiger partial charge in [0.15, 0.2) is 0 Å². The molecule has 0 unspecified atom stereocenters. The molecule has 1 N–H and O–H groups in total. The molecular formula is C13H24N2O4. The molecule has 0 bridgehead atoms. The van der Waals surface area contributed by atoms with E-state index in [1.54, 1.807) is 4.90 Å². The van der Waals surface area contributed by atoms with Gasteiger partial charge in [0, 0.05) is 39.1 Å². The Hall–Kier alpha value is -1.14. The van der Waals surface area contributed by atoms with Crippen LogP contribution in [0, 0.1) is 0 Å². The lowest BCUT2D eigenvalue weighted by atomic mass is 10.2. The van der Waals surface area contributed by atoms with Gasteiger partial charge in [-0.15, -0.1) is 0 Å². The van der Waals surface area contributed by atoms with E-state index in [1.165, 1.54) is 0 Å². The van der Waals surface area contributed by atoms with E-state index in [-0.39, 0.29) is 12.3 Å². The number of aliphatic carboxylic acids is 1. The van der Waals surface area contributed by atoms with Crippen LogP contribution in [0.2, 0.25) is 0 Å². The number of hydrogen-bond acceptors (Lipinski definition) is 4. The van der Waals surface area contributed by atoms with Crippen LogP contribution in [0.3, 0.4) is 0 Å². The topological polar surface area (TPSA) is 70.1 Å². The molecule has 110 valence electrons. The zero-order valence-corrected chi connectivity index (χ0v) is 11.6. The van der Waals surface area contributed by atoms with Crippen molar-refractivity contribution in [3.05, 3.63) is 0 Å². The fourth-order valence-electron chi connectivity index (χ4n) is 2.05. The monoisotopic (exact) mass is 272 g/mol. The zero-order valence-electron chi connectivity index (χ0n) is 11.6. The summed E-state index contributed by atoms with van der Waals surface area (Å²) in [6, 6.07) is 0. The first-order valence-electron chi connectivity index (χ1n) is 6.93. The zero-order chi connectivity index (χ0) is 14.1. The molecule has 1 saturated heterocycles. The normalized spacial score (nSPS) is 16.3. The van der Waals surface area contributed by atoms with E-state index < -0.39 is 5.97 Å². The van der Waals surface area contributed by atoms with Gasteiger partial charge in [0.25, 0.3) is 0 Å². The van der Waals surface area contributed by atoms with Crippen LogP contribution in [0.15, 0.2) is 0 Å². The molecule has 0 aromatic carbocycles. The fourth-order valence-corrected chi connectivity index (χ4v) is 2.05. The van der Waals surface area contributed by atoms with E-state index in [0.717, 1.165) is 39.3 Å². The van der Waals surface area contributed by atoms with Gasteiger partial charge in [-0.05, 0) is 6.42 Å². The van der Waals surface area contributed by atoms with Crippen molar-refractivity contribution in [3.63, 3.8) is 0 Å². The number of carboxylic acids is 1. The average molecular weight is 272 g/mol. The quantitative estimate of drug-likeness (QED) is 0.693. The average Bonchev–Trinajstić information content (AvgIpc) is 2.40. The third-order valence-corrected chi connectivity index (χ3v) is 3.20. The molecule has 0 aromatic rings. The molecule has 0 saturated carbocycles. The van der Waals surface area contributed by atoms with Gasteiger partial charge in [-0.25, -0.2) is 0 Å². The Balaban J connectivity index is 2.38. The van der Waals surface area contributed by atoms with Crippen LogP contribution >= 0.6 is 0 Å². The molecular weight excluding hydrogens is 248 g/mol. The number of carbonyl (C=O) groups excluding carboxylic acids is 1. The van der Waals surface area contributed by atoms with Gasteiger partial charge < -0.3 is 14.7 Å². The van der Waals surface area contributed by atoms with Crippen LogP contribution < -0.4 is 0 Å². The molecule has 0 aromatic heterocycles. The summed E-state index contributed by atoms with van der Waals surface area (Å²) >= 11 is 0. The van der Waals surface area contributed by atoms with Crippen molar-refractivity contribution >= 4 is 11.9 Å². The standard InChI is InChI=1S/C13H24N2O4/c1-2-3-12(16)15(5-4-13(17)18)7-6-14-8-10-19-11-9-14/h2-11H2,1H3,(H,17,18). The molecule has 1 amide bonds. The number of nitrogens with zero attached hydrogens (tertiary/aromatic N) is 2. The van der Waals surface area contributed by atoms with E-state index in [9.17, 15) is 9.59 Å². The Morgan fingerprint density at radius 2 is 1.89 bits per heavy atom. The number of ether oxygens (including phenoxy) is 1. The minimum absolute atomic E-state index is 0.0125. The Bertz CT molecular complexity index is 290. The van der Waals surface area contributed by atoms with Crippen LogP contribution in [0.1, 0.15) is 26.2 Å². The molecule has 6 heteroatoms. The summed E-state index contributed by atoms with van der Waals surface area (Å²) in [6.45, 7) is 6.89. The van der Waals surface area contributed by atoms with E-state index in [1.807, 2.05) is 6.92 Å². The summed E-state index contributed by atoms with van der Waals surface area (Å²) in [5.74, 6) is -0.808. The lowest BCUT2D eigenvalue weighted by Gasteiger charge is -2.30. The molecule has 0 aliphatic carbocycles. The molecule has 19 heavy (non-hydrogen) atoms. The highest BCUT2D eigenvalue weighted by Gasteiger charge is 2.16. The number of morpholine rings is 1. The SMILES string of the molecule is CCCC(=O)N(CCC(=O)O)CCN1CCOCC1. The van der Waals surface area contributed by atoms with Crippen molar-refractivity contribution < 1.29 is 19.4 Å². The highest BCUT2D eigenvalue weighted by atomic mass is 16.5. The summed E-state index contributed by atoms with van der Waals surface area (Å²) in [5.41, 5.74) is 0. The molecule has 1 rings (SSSR count). The van der Waals surface area contributed by atoms with Crippen LogP contribution in [0.4, 0.5) is 0 Å². The van der Waals surface area contributed by atoms with Crippen LogP contribution in [0.25, 0.3) is 0 Å². The van der Waals surface area contributed by atoms with Crippen molar-refractivity contribution in [1.29, 1.82) is 0 Å². The molecule has 1 fully saturated rings. The first kappa shape index (κ1) is 15.9. The van der Waals surface area contributed by atoms with Gasteiger partial charge in [0.05, 0.1) is 19.6 Å². The molecule has 0 atom stereocenters. The largest absolute Gasteiger partial charge is 0.481 e. The Morgan fingerprint density at radius 3 is 2.47 bits per heavy atom. The number of carboxylic acid groups (broad SMARTS) is 1. The minimum atomic E-state index is -0.860. The van der Waals surface area contributed by atoms with Crippen molar-refractivity contribution in [3.8, 4) is 0 Å². The Morgan fingerprint density at radius 1 is 1.21 bits per heavy atom. The van der Waals surface area contributed by atoms with Crippen LogP contribution in [-0.4, -0.2) is 72.7 Å². The van der Waals surface area contributed by atoms with Crippen molar-refractivity contribution in [2.45, 2.75) is 26.2 Å². The van der Waals surface area contributed by atoms with Gasteiger partial charge in [0.2, 0.25) is 5.91 Å². The molecule has 1 aliphatic rings. The lowest BCUT2D eigenvalue weighted by Crippen LogP contribution is -2.43. The molecule has 6 nitrogen and oxygen atoms in total. The van der Waals surface area contributed by atoms with Crippen molar-refractivity contribution in [1.82, 2.24) is 9.80 Å². The molecule has 1 heterocycles. The summed E-state index contributed by atoms with van der Waals surface area (Å²) < 4.78 is 5.27. The second kappa shape index (κ2) is 8.87. The highest BCUT2D eigenvalue weighted by Crippen LogP contribution is 2.02. The lowest BCUT2D eigenvalue weighted by molar-refractivity contribution is -0.138. The smallest absolute Gasteiger partial charge is 0.305 e. The third kappa shape index (κ3) is 6.54. The molecule has 0 radical (unpaired) electrons. The number of hydrogen-bond donors (Lipinski definition) is 1. The van der Waals surface area contributed by atoms with Gasteiger partial charge in [-0.3, -0.25) is 14.5 Å². The van der Waals surface area contributed by atoms with Crippen LogP contribution in [-0.2, 0) is 14.3 Å². The second-order valence-corrected chi connectivity index (χ2v) is 4.73. The summed E-state index contributed by atoms with van der Waals surface area (Å²) in [6.07, 6.45) is 1.29. The number of carbonyl (C=O) groups is 2. The first-order chi connectivity index (χ1) is 9.13. The highest BCUT2D eigenvalue weighted by molar-refractivity contribution is 5.77. The molecule has 0 spiro atoms. The summed E-state index contributed by atoms with van der Waals surface area (Å²) in [5, 5.41) is 8.73. The number of amides is 1. The Kier molecular flexibility index (Phi) is 7.43. The van der Waals surface area contributed by atoms with E-state index in [0.29, 0.717) is 19.5 Å². The third-order valence-electron chi connectivity index (χ3n) is 3.20. The summed E-state index contributed by atoms with van der Waals surface area (Å²) in [4.78, 5) is 26.5. The first-order valence-corrected chi connectivity index (χ1v) is 6.93. The van der Waals surface area contributed by atoms with Crippen LogP contribution in [0.5, 0.6) is 0 Å². The van der Waals surface area contributed by atoms with Gasteiger partial charge >= 0.3 is 5.97 Å². The van der Waals surface area contributed by atoms with E-state index in [4.69, 9.17) is 9.84 Å². The van der Waals surface area contributed by atoms with Gasteiger partial charge in [-0.2, -0.15) is 0 Å². The Labute approximate surface area is 114 Å². The van der Waals surface area contributed by atoms with Gasteiger partial charge in [0.1, 0.15) is 0 Å². The molecule has 1 aliphatic heterocycles. The van der Waals surface area contributed by atoms with E-state index >= 15 is 0 Å². The van der Waals surface area contributed by atoms with E-state index in [2.05, 4.69) is 4.90 Å². The maximum Gasteiger partial charge on any atom is 0.305 e. The summed E-state index contributed by atoms with van der Waals surface area (Å²) in [7, 11) is 0. The van der Waals surface area contributed by atoms with Crippen molar-refractivity contribution in [2.75, 3.05) is 45.9 Å². The van der Waals surface area contributed by atoms with Crippen molar-refractivity contribution in [2.24, 2.45) is 0 Å². The fraction of sp³-hybridized carbons (Fsp3) is 0.846. The minimum Gasteiger partial charge on any atom is -0.481 e. The van der Waals surface area contributed by atoms with Gasteiger partial charge in [-0.1, -0.05) is 6.92 Å². The predicted molar refractivity (Wildman–Crippen MR) is 71.0 cm³/mol.